The van der Waals surface area contributed by atoms with E-state index in [0.29, 0.717) is 22.8 Å². The van der Waals surface area contributed by atoms with Crippen molar-refractivity contribution in [1.82, 2.24) is 5.32 Å². The summed E-state index contributed by atoms with van der Waals surface area (Å²) in [6.07, 6.45) is -0.974. The molecule has 0 saturated heterocycles. The van der Waals surface area contributed by atoms with Crippen molar-refractivity contribution in [3.8, 4) is 17.2 Å². The number of amides is 1. The molecule has 0 aliphatic rings. The zero-order valence-corrected chi connectivity index (χ0v) is 17.6. The number of methoxy groups -OCH3 is 3. The monoisotopic (exact) mass is 415 g/mol. The van der Waals surface area contributed by atoms with Gasteiger partial charge in [0.15, 0.2) is 17.6 Å². The summed E-state index contributed by atoms with van der Waals surface area (Å²) in [7, 11) is 4.32. The first kappa shape index (κ1) is 22.7. The second-order valence-electron chi connectivity index (χ2n) is 6.46. The minimum atomic E-state index is -0.974. The smallest absolute Gasteiger partial charge is 0.326 e. The van der Waals surface area contributed by atoms with Gasteiger partial charge in [-0.2, -0.15) is 0 Å². The van der Waals surface area contributed by atoms with Gasteiger partial charge in [0.1, 0.15) is 6.54 Å². The number of esters is 1. The molecule has 0 radical (unpaired) electrons. The van der Waals surface area contributed by atoms with Crippen molar-refractivity contribution in [3.63, 3.8) is 0 Å². The first-order valence-electron chi connectivity index (χ1n) is 9.19. The van der Waals surface area contributed by atoms with Gasteiger partial charge in [0.25, 0.3) is 5.91 Å². The first-order chi connectivity index (χ1) is 14.3. The fourth-order valence-corrected chi connectivity index (χ4v) is 2.71. The van der Waals surface area contributed by atoms with Crippen LogP contribution in [-0.2, 0) is 9.53 Å². The molecule has 0 saturated carbocycles. The fraction of sp³-hybridized carbons (Fsp3) is 0.318. The number of benzene rings is 2. The molecule has 0 aliphatic heterocycles. The summed E-state index contributed by atoms with van der Waals surface area (Å²) in [4.78, 5) is 36.8. The average Bonchev–Trinajstić information content (AvgIpc) is 2.76. The predicted octanol–water partition coefficient (Wildman–Crippen LogP) is 2.57. The normalized spacial score (nSPS) is 11.2. The van der Waals surface area contributed by atoms with Crippen LogP contribution in [0, 0.1) is 6.92 Å². The standard InChI is InChI=1S/C22H25NO7/c1-13-6-8-15(9-7-13)20(25)14(2)30-19(24)12-23-22(26)16-10-17(27-3)21(29-5)18(11-16)28-4/h6-11,14H,12H2,1-5H3,(H,23,26)/t14-/m1/s1. The molecule has 8 nitrogen and oxygen atoms in total. The van der Waals surface area contributed by atoms with Crippen LogP contribution in [-0.4, -0.2) is 51.6 Å². The van der Waals surface area contributed by atoms with E-state index in [1.807, 2.05) is 6.92 Å². The molecule has 8 heteroatoms. The molecule has 0 fully saturated rings. The topological polar surface area (TPSA) is 100 Å². The molecule has 2 rings (SSSR count). The van der Waals surface area contributed by atoms with Gasteiger partial charge in [0, 0.05) is 11.1 Å². The summed E-state index contributed by atoms with van der Waals surface area (Å²) in [5, 5.41) is 2.45. The molecular formula is C22H25NO7. The van der Waals surface area contributed by atoms with E-state index >= 15 is 0 Å². The average molecular weight is 415 g/mol. The summed E-state index contributed by atoms with van der Waals surface area (Å²) in [6, 6.07) is 9.89. The molecule has 160 valence electrons. The quantitative estimate of drug-likeness (QED) is 0.496. The Morgan fingerprint density at radius 2 is 1.47 bits per heavy atom. The molecular weight excluding hydrogens is 390 g/mol. The molecule has 2 aromatic rings. The zero-order valence-electron chi connectivity index (χ0n) is 17.6. The van der Waals surface area contributed by atoms with E-state index < -0.39 is 24.5 Å². The minimum Gasteiger partial charge on any atom is -0.493 e. The van der Waals surface area contributed by atoms with E-state index in [4.69, 9.17) is 18.9 Å². The van der Waals surface area contributed by atoms with Crippen LogP contribution >= 0.6 is 0 Å². The molecule has 0 bridgehead atoms. The largest absolute Gasteiger partial charge is 0.493 e. The Kier molecular flexibility index (Phi) is 7.80. The fourth-order valence-electron chi connectivity index (χ4n) is 2.71. The Bertz CT molecular complexity index is 897. The van der Waals surface area contributed by atoms with Crippen LogP contribution in [0.15, 0.2) is 36.4 Å². The SMILES string of the molecule is COc1cc(C(=O)NCC(=O)O[C@H](C)C(=O)c2ccc(C)cc2)cc(OC)c1OC. The Labute approximate surface area is 175 Å². The van der Waals surface area contributed by atoms with Crippen LogP contribution in [0.25, 0.3) is 0 Å². The zero-order chi connectivity index (χ0) is 22.3. The summed E-state index contributed by atoms with van der Waals surface area (Å²) in [6.45, 7) is 3.00. The molecule has 30 heavy (non-hydrogen) atoms. The third-order valence-electron chi connectivity index (χ3n) is 4.33. The molecule has 0 aromatic heterocycles. The van der Waals surface area contributed by atoms with Crippen molar-refractivity contribution in [2.75, 3.05) is 27.9 Å². The molecule has 1 amide bonds. The van der Waals surface area contributed by atoms with E-state index in [9.17, 15) is 14.4 Å². The summed E-state index contributed by atoms with van der Waals surface area (Å²) < 4.78 is 20.8. The Morgan fingerprint density at radius 3 is 1.97 bits per heavy atom. The van der Waals surface area contributed by atoms with Gasteiger partial charge < -0.3 is 24.3 Å². The Hall–Kier alpha value is -3.55. The van der Waals surface area contributed by atoms with Gasteiger partial charge in [-0.15, -0.1) is 0 Å². The Balaban J connectivity index is 1.98. The highest BCUT2D eigenvalue weighted by atomic mass is 16.5. The molecule has 2 aromatic carbocycles. The summed E-state index contributed by atoms with van der Waals surface area (Å²) in [5.41, 5.74) is 1.68. The van der Waals surface area contributed by atoms with Gasteiger partial charge in [-0.05, 0) is 26.0 Å². The van der Waals surface area contributed by atoms with Crippen molar-refractivity contribution < 1.29 is 33.3 Å². The number of hydrogen-bond acceptors (Lipinski definition) is 7. The lowest BCUT2D eigenvalue weighted by molar-refractivity contribution is -0.145. The van der Waals surface area contributed by atoms with Crippen molar-refractivity contribution in [1.29, 1.82) is 0 Å². The number of rotatable bonds is 9. The van der Waals surface area contributed by atoms with Crippen molar-refractivity contribution in [3.05, 3.63) is 53.1 Å². The number of hydrogen-bond donors (Lipinski definition) is 1. The second kappa shape index (κ2) is 10.3. The number of carbonyl (C=O) groups excluding carboxylic acids is 3. The number of ketones is 1. The van der Waals surface area contributed by atoms with E-state index in [1.165, 1.54) is 40.4 Å². The molecule has 0 spiro atoms. The molecule has 1 N–H and O–H groups in total. The highest BCUT2D eigenvalue weighted by Gasteiger charge is 2.21. The lowest BCUT2D eigenvalue weighted by atomic mass is 10.1. The highest BCUT2D eigenvalue weighted by Crippen LogP contribution is 2.38. The van der Waals surface area contributed by atoms with Crippen LogP contribution in [0.2, 0.25) is 0 Å². The summed E-state index contributed by atoms with van der Waals surface area (Å²) in [5.74, 6) is -0.630. The Morgan fingerprint density at radius 1 is 0.900 bits per heavy atom. The summed E-state index contributed by atoms with van der Waals surface area (Å²) >= 11 is 0. The lowest BCUT2D eigenvalue weighted by Crippen LogP contribution is -2.34. The third kappa shape index (κ3) is 5.50. The number of Topliss-reactive ketones (excluding diaryl/α,β-unsaturated/α-hetero) is 1. The van der Waals surface area contributed by atoms with Crippen LogP contribution in [0.5, 0.6) is 17.2 Å². The van der Waals surface area contributed by atoms with Crippen LogP contribution < -0.4 is 19.5 Å². The van der Waals surface area contributed by atoms with Crippen LogP contribution in [0.1, 0.15) is 33.2 Å². The van der Waals surface area contributed by atoms with Gasteiger partial charge in [-0.3, -0.25) is 14.4 Å². The van der Waals surface area contributed by atoms with Gasteiger partial charge >= 0.3 is 5.97 Å². The van der Waals surface area contributed by atoms with Gasteiger partial charge in [-0.1, -0.05) is 29.8 Å². The van der Waals surface area contributed by atoms with Crippen molar-refractivity contribution >= 4 is 17.7 Å². The molecule has 0 heterocycles. The van der Waals surface area contributed by atoms with E-state index in [2.05, 4.69) is 5.32 Å². The lowest BCUT2D eigenvalue weighted by Gasteiger charge is -2.15. The van der Waals surface area contributed by atoms with Crippen LogP contribution in [0.3, 0.4) is 0 Å². The third-order valence-corrected chi connectivity index (χ3v) is 4.33. The molecule has 0 unspecified atom stereocenters. The van der Waals surface area contributed by atoms with Crippen molar-refractivity contribution in [2.45, 2.75) is 20.0 Å². The number of ether oxygens (including phenoxy) is 4. The maximum absolute atomic E-state index is 12.4. The molecule has 0 aliphatic carbocycles. The van der Waals surface area contributed by atoms with E-state index in [0.717, 1.165) is 5.56 Å². The minimum absolute atomic E-state index is 0.209. The second-order valence-corrected chi connectivity index (χ2v) is 6.46. The van der Waals surface area contributed by atoms with Gasteiger partial charge in [0.05, 0.1) is 21.3 Å². The maximum atomic E-state index is 12.4. The van der Waals surface area contributed by atoms with Crippen LogP contribution in [0.4, 0.5) is 0 Å². The van der Waals surface area contributed by atoms with Crippen molar-refractivity contribution in [2.24, 2.45) is 0 Å². The first-order valence-corrected chi connectivity index (χ1v) is 9.19. The van der Waals surface area contributed by atoms with Gasteiger partial charge in [0.2, 0.25) is 11.5 Å². The number of nitrogens with one attached hydrogen (secondary N) is 1. The highest BCUT2D eigenvalue weighted by molar-refractivity contribution is 6.01. The van der Waals surface area contributed by atoms with Gasteiger partial charge in [-0.25, -0.2) is 0 Å². The number of aryl methyl sites for hydroxylation is 1. The maximum Gasteiger partial charge on any atom is 0.326 e. The van der Waals surface area contributed by atoms with E-state index in [-0.39, 0.29) is 11.3 Å². The van der Waals surface area contributed by atoms with E-state index in [1.54, 1.807) is 24.3 Å². The number of carbonyl (C=O) groups is 3. The molecule has 1 atom stereocenters. The predicted molar refractivity (Wildman–Crippen MR) is 109 cm³/mol.